The van der Waals surface area contributed by atoms with Crippen LogP contribution in [0.4, 0.5) is 5.69 Å². The van der Waals surface area contributed by atoms with Crippen LogP contribution in [0.1, 0.15) is 18.0 Å². The Balaban J connectivity index is 2.11. The second-order valence-corrected chi connectivity index (χ2v) is 5.30. The molecule has 3 rings (SSSR count). The number of aromatic amines is 2. The average Bonchev–Trinajstić information content (AvgIpc) is 2.97. The molecule has 3 N–H and O–H groups in total. The van der Waals surface area contributed by atoms with Gasteiger partial charge in [0.1, 0.15) is 5.01 Å². The molecular formula is C13H12N4O2S. The Labute approximate surface area is 117 Å². The molecule has 0 spiro atoms. The van der Waals surface area contributed by atoms with Gasteiger partial charge in [0.15, 0.2) is 0 Å². The molecule has 6 nitrogen and oxygen atoms in total. The predicted molar refractivity (Wildman–Crippen MR) is 79.3 cm³/mol. The van der Waals surface area contributed by atoms with Gasteiger partial charge in [-0.3, -0.25) is 19.8 Å². The highest BCUT2D eigenvalue weighted by atomic mass is 32.1. The molecule has 0 saturated heterocycles. The highest BCUT2D eigenvalue weighted by Gasteiger charge is 2.12. The van der Waals surface area contributed by atoms with Crippen molar-refractivity contribution < 1.29 is 0 Å². The fraction of sp³-hybridized carbons (Fsp3) is 0.154. The predicted octanol–water partition coefficient (Wildman–Crippen LogP) is 1.85. The summed E-state index contributed by atoms with van der Waals surface area (Å²) < 4.78 is 0. The van der Waals surface area contributed by atoms with Gasteiger partial charge in [-0.15, -0.1) is 11.3 Å². The molecule has 0 aliphatic heterocycles. The maximum Gasteiger partial charge on any atom is 0.272 e. The highest BCUT2D eigenvalue weighted by molar-refractivity contribution is 7.09. The molecule has 1 atom stereocenters. The minimum absolute atomic E-state index is 0.0423. The number of H-pyrrole nitrogens is 2. The van der Waals surface area contributed by atoms with Crippen LogP contribution in [-0.4, -0.2) is 15.2 Å². The lowest BCUT2D eigenvalue weighted by atomic mass is 10.1. The van der Waals surface area contributed by atoms with Gasteiger partial charge in [0.05, 0.1) is 16.8 Å². The van der Waals surface area contributed by atoms with Crippen molar-refractivity contribution in [2.45, 2.75) is 13.0 Å². The summed E-state index contributed by atoms with van der Waals surface area (Å²) >= 11 is 1.54. The van der Waals surface area contributed by atoms with Crippen LogP contribution < -0.4 is 16.4 Å². The minimum Gasteiger partial charge on any atom is -0.375 e. The molecule has 0 bridgehead atoms. The van der Waals surface area contributed by atoms with Crippen LogP contribution in [-0.2, 0) is 0 Å². The fourth-order valence-corrected chi connectivity index (χ4v) is 2.74. The molecule has 3 aromatic rings. The van der Waals surface area contributed by atoms with Gasteiger partial charge in [0, 0.05) is 17.3 Å². The number of aromatic nitrogens is 3. The van der Waals surface area contributed by atoms with Gasteiger partial charge in [-0.25, -0.2) is 4.98 Å². The summed E-state index contributed by atoms with van der Waals surface area (Å²) in [4.78, 5) is 27.9. The lowest BCUT2D eigenvalue weighted by Gasteiger charge is -2.14. The first-order chi connectivity index (χ1) is 9.66. The van der Waals surface area contributed by atoms with Crippen molar-refractivity contribution >= 4 is 27.8 Å². The van der Waals surface area contributed by atoms with Crippen molar-refractivity contribution in [2.24, 2.45) is 0 Å². The van der Waals surface area contributed by atoms with Crippen molar-refractivity contribution in [3.63, 3.8) is 0 Å². The number of hydrogen-bond donors (Lipinski definition) is 3. The number of nitrogens with one attached hydrogen (secondary N) is 3. The van der Waals surface area contributed by atoms with E-state index in [0.29, 0.717) is 16.5 Å². The maximum atomic E-state index is 11.9. The topological polar surface area (TPSA) is 90.6 Å². The van der Waals surface area contributed by atoms with Gasteiger partial charge >= 0.3 is 0 Å². The molecule has 7 heteroatoms. The Kier molecular flexibility index (Phi) is 3.11. The molecule has 0 aliphatic carbocycles. The number of rotatable bonds is 3. The van der Waals surface area contributed by atoms with E-state index in [1.807, 2.05) is 12.3 Å². The molecule has 0 amide bonds. The van der Waals surface area contributed by atoms with Crippen LogP contribution in [0.25, 0.3) is 10.8 Å². The lowest BCUT2D eigenvalue weighted by Crippen LogP contribution is -2.20. The molecule has 0 aliphatic rings. The van der Waals surface area contributed by atoms with Crippen molar-refractivity contribution in [1.82, 2.24) is 15.2 Å². The number of benzene rings is 1. The number of fused-ring (bicyclic) bond motifs is 1. The van der Waals surface area contributed by atoms with Crippen LogP contribution >= 0.6 is 11.3 Å². The standard InChI is InChI=1S/C13H12N4O2S/c1-7(13-14-5-6-20-13)15-9-4-2-3-8-10(9)12(19)17-16-11(8)18/h2-7,15H,1H3,(H,16,18)(H,17,19). The van der Waals surface area contributed by atoms with Gasteiger partial charge in [0.2, 0.25) is 0 Å². The fourth-order valence-electron chi connectivity index (χ4n) is 2.09. The molecule has 1 unspecified atom stereocenters. The SMILES string of the molecule is CC(Nc1cccc2c(=O)[nH][nH]c(=O)c12)c1nccs1. The third-order valence-electron chi connectivity index (χ3n) is 3.02. The van der Waals surface area contributed by atoms with E-state index in [1.54, 1.807) is 24.4 Å². The van der Waals surface area contributed by atoms with Crippen LogP contribution in [0, 0.1) is 0 Å². The van der Waals surface area contributed by atoms with Crippen molar-refractivity contribution in [3.8, 4) is 0 Å². The zero-order chi connectivity index (χ0) is 14.1. The molecule has 2 heterocycles. The van der Waals surface area contributed by atoms with Crippen LogP contribution in [0.2, 0.25) is 0 Å². The Morgan fingerprint density at radius 3 is 2.80 bits per heavy atom. The number of hydrogen-bond acceptors (Lipinski definition) is 5. The smallest absolute Gasteiger partial charge is 0.272 e. The van der Waals surface area contributed by atoms with E-state index in [4.69, 9.17) is 0 Å². The Morgan fingerprint density at radius 1 is 1.25 bits per heavy atom. The zero-order valence-corrected chi connectivity index (χ0v) is 11.5. The van der Waals surface area contributed by atoms with Gasteiger partial charge in [-0.05, 0) is 19.1 Å². The summed E-state index contributed by atoms with van der Waals surface area (Å²) in [6.45, 7) is 1.96. The lowest BCUT2D eigenvalue weighted by molar-refractivity contribution is 0.870. The van der Waals surface area contributed by atoms with E-state index in [1.165, 1.54) is 11.3 Å². The Bertz CT molecular complexity index is 851. The summed E-state index contributed by atoms with van der Waals surface area (Å²) in [6, 6.07) is 5.11. The Morgan fingerprint density at radius 2 is 2.05 bits per heavy atom. The van der Waals surface area contributed by atoms with E-state index < -0.39 is 0 Å². The molecule has 1 aromatic carbocycles. The molecule has 0 fully saturated rings. The number of nitrogens with zero attached hydrogens (tertiary/aromatic N) is 1. The normalized spacial score (nSPS) is 12.4. The molecule has 102 valence electrons. The maximum absolute atomic E-state index is 11.9. The van der Waals surface area contributed by atoms with E-state index >= 15 is 0 Å². The molecule has 0 radical (unpaired) electrons. The van der Waals surface area contributed by atoms with Gasteiger partial charge in [-0.2, -0.15) is 0 Å². The van der Waals surface area contributed by atoms with E-state index in [9.17, 15) is 9.59 Å². The average molecular weight is 288 g/mol. The summed E-state index contributed by atoms with van der Waals surface area (Å²) in [5.74, 6) is 0. The molecular weight excluding hydrogens is 276 g/mol. The third kappa shape index (κ3) is 2.12. The van der Waals surface area contributed by atoms with E-state index in [-0.39, 0.29) is 17.2 Å². The van der Waals surface area contributed by atoms with Crippen LogP contribution in [0.5, 0.6) is 0 Å². The van der Waals surface area contributed by atoms with Gasteiger partial charge in [0.25, 0.3) is 11.1 Å². The largest absolute Gasteiger partial charge is 0.375 e. The van der Waals surface area contributed by atoms with Gasteiger partial charge < -0.3 is 5.32 Å². The van der Waals surface area contributed by atoms with Crippen LogP contribution in [0.3, 0.4) is 0 Å². The summed E-state index contributed by atoms with van der Waals surface area (Å²) in [5, 5.41) is 11.4. The van der Waals surface area contributed by atoms with E-state index in [2.05, 4.69) is 20.5 Å². The summed E-state index contributed by atoms with van der Waals surface area (Å²) in [7, 11) is 0. The second kappa shape index (κ2) is 4.93. The second-order valence-electron chi connectivity index (χ2n) is 4.37. The highest BCUT2D eigenvalue weighted by Crippen LogP contribution is 2.24. The molecule has 20 heavy (non-hydrogen) atoms. The van der Waals surface area contributed by atoms with E-state index in [0.717, 1.165) is 5.01 Å². The minimum atomic E-state index is -0.325. The summed E-state index contributed by atoms with van der Waals surface area (Å²) in [6.07, 6.45) is 1.73. The third-order valence-corrected chi connectivity index (χ3v) is 3.98. The first-order valence-corrected chi connectivity index (χ1v) is 6.94. The zero-order valence-electron chi connectivity index (χ0n) is 10.6. The monoisotopic (exact) mass is 288 g/mol. The number of anilines is 1. The van der Waals surface area contributed by atoms with Crippen LogP contribution in [0.15, 0.2) is 39.4 Å². The quantitative estimate of drug-likeness (QED) is 0.686. The molecule has 0 saturated carbocycles. The molecule has 2 aromatic heterocycles. The number of thiazole rings is 1. The van der Waals surface area contributed by atoms with Gasteiger partial charge in [-0.1, -0.05) is 6.07 Å². The van der Waals surface area contributed by atoms with Crippen molar-refractivity contribution in [2.75, 3.05) is 5.32 Å². The Hall–Kier alpha value is -2.41. The first-order valence-electron chi connectivity index (χ1n) is 6.06. The van der Waals surface area contributed by atoms with Crippen molar-refractivity contribution in [3.05, 3.63) is 55.5 Å². The first kappa shape index (κ1) is 12.6. The summed E-state index contributed by atoms with van der Waals surface area (Å²) in [5.41, 5.74) is -0.0169. The van der Waals surface area contributed by atoms with Crippen molar-refractivity contribution in [1.29, 1.82) is 0 Å².